The van der Waals surface area contributed by atoms with Crippen molar-refractivity contribution >= 4 is 144 Å². The summed E-state index contributed by atoms with van der Waals surface area (Å²) < 4.78 is 10.1. The molecule has 0 saturated heterocycles. The molecule has 0 N–H and O–H groups in total. The second-order valence-electron chi connectivity index (χ2n) is 29.5. The van der Waals surface area contributed by atoms with Crippen LogP contribution in [0.2, 0.25) is 0 Å². The Kier molecular flexibility index (Phi) is 13.7. The molecule has 21 aromatic rings. The number of rotatable bonds is 10. The quantitative estimate of drug-likeness (QED) is 0.128. The summed E-state index contributed by atoms with van der Waals surface area (Å²) in [6.07, 6.45) is 0. The van der Waals surface area contributed by atoms with Gasteiger partial charge in [-0.3, -0.25) is 0 Å². The van der Waals surface area contributed by atoms with Crippen molar-refractivity contribution in [3.63, 3.8) is 0 Å². The maximum atomic E-state index is 2.62. The summed E-state index contributed by atoms with van der Waals surface area (Å²) in [5.41, 5.74) is 34.2. The first kappa shape index (κ1) is 61.9. The summed E-state index contributed by atoms with van der Waals surface area (Å²) in [5, 5.41) is 9.71. The Bertz CT molecular complexity index is 6750. The molecule has 0 amide bonds. The van der Waals surface area contributed by atoms with Gasteiger partial charge in [-0.25, -0.2) is 0 Å². The Morgan fingerprint density at radius 1 is 0.191 bits per heavy atom. The Labute approximate surface area is 636 Å². The van der Waals surface area contributed by atoms with Crippen LogP contribution in [0.25, 0.3) is 154 Å². The van der Waals surface area contributed by atoms with E-state index in [2.05, 4.69) is 423 Å². The molecule has 110 heavy (non-hydrogen) atoms. The predicted molar refractivity (Wildman–Crippen MR) is 464 cm³/mol. The fourth-order valence-electron chi connectivity index (χ4n) is 19.1. The van der Waals surface area contributed by atoms with E-state index < -0.39 is 0 Å². The zero-order valence-electron chi connectivity index (χ0n) is 60.2. The van der Waals surface area contributed by atoms with Crippen molar-refractivity contribution in [1.29, 1.82) is 0 Å². The zero-order chi connectivity index (χ0) is 72.2. The van der Waals surface area contributed by atoms with Crippen molar-refractivity contribution < 1.29 is 0 Å². The summed E-state index contributed by atoms with van der Waals surface area (Å²) in [6, 6.07) is 145. The molecule has 0 aliphatic carbocycles. The monoisotopic (exact) mass is 1400 g/mol. The summed E-state index contributed by atoms with van der Waals surface area (Å²) >= 11 is 0. The van der Waals surface area contributed by atoms with Gasteiger partial charge in [-0.2, -0.15) is 0 Å². The van der Waals surface area contributed by atoms with Crippen molar-refractivity contribution in [2.75, 3.05) is 9.80 Å². The smallest absolute Gasteiger partial charge is 0.252 e. The lowest BCUT2D eigenvalue weighted by molar-refractivity contribution is 1.10. The van der Waals surface area contributed by atoms with Crippen LogP contribution in [0.3, 0.4) is 0 Å². The van der Waals surface area contributed by atoms with Crippen LogP contribution in [0.5, 0.6) is 0 Å². The first-order chi connectivity index (χ1) is 54.6. The Morgan fingerprint density at radius 2 is 0.464 bits per heavy atom. The number of nitrogens with zero attached hydrogens (tertiary/aromatic N) is 6. The van der Waals surface area contributed by atoms with E-state index in [1.54, 1.807) is 0 Å². The average Bonchev–Trinajstić information content (AvgIpc) is 0.947. The lowest BCUT2D eigenvalue weighted by Crippen LogP contribution is -2.61. The van der Waals surface area contributed by atoms with Crippen molar-refractivity contribution in [3.8, 4) is 67.3 Å². The fourth-order valence-corrected chi connectivity index (χ4v) is 19.1. The van der Waals surface area contributed by atoms with E-state index in [1.165, 1.54) is 59.5 Å². The third-order valence-electron chi connectivity index (χ3n) is 23.6. The van der Waals surface area contributed by atoms with Gasteiger partial charge < -0.3 is 28.1 Å². The van der Waals surface area contributed by atoms with E-state index in [0.717, 1.165) is 151 Å². The lowest BCUT2D eigenvalue weighted by atomic mass is 9.33. The molecule has 0 bridgehead atoms. The van der Waals surface area contributed by atoms with Crippen LogP contribution in [0, 0.1) is 6.92 Å². The molecule has 6 nitrogen and oxygen atoms in total. The number of anilines is 6. The molecule has 2 aliphatic rings. The molecule has 0 radical (unpaired) electrons. The van der Waals surface area contributed by atoms with Crippen LogP contribution < -0.4 is 26.2 Å². The van der Waals surface area contributed by atoms with Gasteiger partial charge >= 0.3 is 0 Å². The summed E-state index contributed by atoms with van der Waals surface area (Å²) in [7, 11) is 0. The van der Waals surface area contributed by atoms with Crippen LogP contribution in [-0.4, -0.2) is 25.0 Å². The second kappa shape index (κ2) is 24.3. The molecule has 0 unspecified atom stereocenters. The van der Waals surface area contributed by atoms with Crippen LogP contribution in [0.1, 0.15) is 5.56 Å². The standard InChI is InChI=1S/C103H67BN6/c1-66-62-99-101-100(63-66)108(86-47-19-9-35-72(86)68-32-6-3-7-33-68)98-65-70(74-45-29-57-96(106-89-50-22-12-38-77(89)78-39-13-23-51-90(78)106)103(74)110-93-54-26-16-42-81(93)82-43-17-27-55-94(82)110)59-61-84(98)104(101)83-60-58-69(64-97(83)107(99)85-46-18-8-34-71(85)67-30-4-2-5-31-67)73-44-28-56-95(105-87-48-20-10-36-75(87)76-37-11-21-49-88(76)105)102(73)109-91-52-24-14-40-79(91)80-41-15-25-53-92(80)109/h2-65H,1H3. The van der Waals surface area contributed by atoms with Crippen LogP contribution in [-0.2, 0) is 0 Å². The zero-order valence-corrected chi connectivity index (χ0v) is 60.2. The third kappa shape index (κ3) is 9.06. The van der Waals surface area contributed by atoms with Crippen LogP contribution in [0.4, 0.5) is 34.1 Å². The third-order valence-corrected chi connectivity index (χ3v) is 23.6. The van der Waals surface area contributed by atoms with Gasteiger partial charge in [0.2, 0.25) is 0 Å². The molecular formula is C103H67BN6. The number of hydrogen-bond acceptors (Lipinski definition) is 2. The van der Waals surface area contributed by atoms with Crippen LogP contribution >= 0.6 is 0 Å². The summed E-state index contributed by atoms with van der Waals surface area (Å²) in [4.78, 5) is 5.25. The maximum Gasteiger partial charge on any atom is 0.252 e. The minimum absolute atomic E-state index is 0.226. The highest BCUT2D eigenvalue weighted by Gasteiger charge is 2.45. The predicted octanol–water partition coefficient (Wildman–Crippen LogP) is 25.1. The lowest BCUT2D eigenvalue weighted by Gasteiger charge is -2.45. The highest BCUT2D eigenvalue weighted by molar-refractivity contribution is 7.00. The highest BCUT2D eigenvalue weighted by Crippen LogP contribution is 2.52. The number of benzene rings is 17. The molecule has 0 atom stereocenters. The van der Waals surface area contributed by atoms with Crippen molar-refractivity contribution in [2.45, 2.75) is 6.92 Å². The largest absolute Gasteiger partial charge is 0.311 e. The molecule has 17 aromatic carbocycles. The number of para-hydroxylation sites is 12. The normalized spacial score (nSPS) is 12.5. The number of hydrogen-bond donors (Lipinski definition) is 0. The Balaban J connectivity index is 0.824. The van der Waals surface area contributed by atoms with Crippen molar-refractivity contribution in [2.24, 2.45) is 0 Å². The van der Waals surface area contributed by atoms with Crippen LogP contribution in [0.15, 0.2) is 388 Å². The van der Waals surface area contributed by atoms with E-state index in [9.17, 15) is 0 Å². The Hall–Kier alpha value is -14.4. The van der Waals surface area contributed by atoms with Gasteiger partial charge in [-0.15, -0.1) is 0 Å². The van der Waals surface area contributed by atoms with E-state index in [1.807, 2.05) is 0 Å². The van der Waals surface area contributed by atoms with E-state index in [4.69, 9.17) is 0 Å². The van der Waals surface area contributed by atoms with E-state index in [-0.39, 0.29) is 6.71 Å². The van der Waals surface area contributed by atoms with Crippen molar-refractivity contribution in [1.82, 2.24) is 18.3 Å². The molecule has 23 rings (SSSR count). The van der Waals surface area contributed by atoms with Gasteiger partial charge in [0.05, 0.1) is 78.3 Å². The molecule has 512 valence electrons. The molecular weight excluding hydrogens is 1330 g/mol. The fraction of sp³-hybridized carbons (Fsp3) is 0.00971. The highest BCUT2D eigenvalue weighted by atomic mass is 15.2. The molecule has 4 aromatic heterocycles. The Morgan fingerprint density at radius 3 is 0.800 bits per heavy atom. The minimum atomic E-state index is -0.226. The van der Waals surface area contributed by atoms with Gasteiger partial charge in [0.15, 0.2) is 0 Å². The molecule has 0 fully saturated rings. The molecule has 0 saturated carbocycles. The molecule has 2 aliphatic heterocycles. The summed E-state index contributed by atoms with van der Waals surface area (Å²) in [5.74, 6) is 0. The van der Waals surface area contributed by atoms with Gasteiger partial charge in [-0.1, -0.05) is 291 Å². The molecule has 6 heterocycles. The average molecular weight is 1400 g/mol. The van der Waals surface area contributed by atoms with E-state index in [0.29, 0.717) is 0 Å². The summed E-state index contributed by atoms with van der Waals surface area (Å²) in [6.45, 7) is 2.07. The maximum absolute atomic E-state index is 2.62. The SMILES string of the molecule is Cc1cc2c3c(c1)N(c1ccccc1-c1ccccc1)c1cc(-c4cccc(-n5c6ccccc6c6ccccc65)c4-n4c5ccccc5c5ccccc54)ccc1B3c1ccc(-c3cccc(-n4c5ccccc5c5ccccc54)c3-n3c4ccccc4c4ccccc43)cc1N2c1ccccc1-c1ccccc1. The van der Waals surface area contributed by atoms with E-state index >= 15 is 0 Å². The van der Waals surface area contributed by atoms with Gasteiger partial charge in [0.1, 0.15) is 0 Å². The molecule has 7 heteroatoms. The van der Waals surface area contributed by atoms with Crippen molar-refractivity contribution in [3.05, 3.63) is 394 Å². The minimum Gasteiger partial charge on any atom is -0.311 e. The molecule has 0 spiro atoms. The number of aromatic nitrogens is 4. The first-order valence-electron chi connectivity index (χ1n) is 38.1. The van der Waals surface area contributed by atoms with Gasteiger partial charge in [0.25, 0.3) is 6.71 Å². The topological polar surface area (TPSA) is 26.2 Å². The van der Waals surface area contributed by atoms with Gasteiger partial charge in [0, 0.05) is 88.1 Å². The number of fused-ring (bicyclic) bond motifs is 16. The number of aryl methyl sites for hydroxylation is 1. The van der Waals surface area contributed by atoms with Gasteiger partial charge in [-0.05, 0) is 148 Å². The first-order valence-corrected chi connectivity index (χ1v) is 38.1. The second-order valence-corrected chi connectivity index (χ2v) is 29.5.